The summed E-state index contributed by atoms with van der Waals surface area (Å²) in [7, 11) is 0. The number of aliphatic carboxylic acids is 1. The molecule has 1 aliphatic heterocycles. The van der Waals surface area contributed by atoms with E-state index in [0.717, 1.165) is 5.56 Å². The number of halogens is 1. The first kappa shape index (κ1) is 16.2. The molecule has 1 aromatic carbocycles. The molecule has 0 saturated carbocycles. The van der Waals surface area contributed by atoms with E-state index in [0.29, 0.717) is 17.2 Å². The predicted molar refractivity (Wildman–Crippen MR) is 84.4 cm³/mol. The molecule has 6 heteroatoms. The normalized spacial score (nSPS) is 20.1. The van der Waals surface area contributed by atoms with Gasteiger partial charge in [0.2, 0.25) is 5.91 Å². The van der Waals surface area contributed by atoms with Gasteiger partial charge < -0.3 is 10.0 Å². The van der Waals surface area contributed by atoms with Crippen molar-refractivity contribution in [3.05, 3.63) is 34.9 Å². The van der Waals surface area contributed by atoms with Crippen molar-refractivity contribution in [2.75, 3.05) is 5.75 Å². The van der Waals surface area contributed by atoms with E-state index in [9.17, 15) is 14.7 Å². The largest absolute Gasteiger partial charge is 0.480 e. The van der Waals surface area contributed by atoms with Crippen molar-refractivity contribution in [1.29, 1.82) is 0 Å². The van der Waals surface area contributed by atoms with Gasteiger partial charge in [0.15, 0.2) is 0 Å². The number of hydrogen-bond donors (Lipinski definition) is 1. The van der Waals surface area contributed by atoms with Gasteiger partial charge in [-0.15, -0.1) is 11.8 Å². The van der Waals surface area contributed by atoms with Crippen molar-refractivity contribution in [3.8, 4) is 0 Å². The van der Waals surface area contributed by atoms with E-state index in [2.05, 4.69) is 0 Å². The van der Waals surface area contributed by atoms with Crippen LogP contribution in [-0.2, 0) is 9.59 Å². The van der Waals surface area contributed by atoms with E-state index < -0.39 is 12.0 Å². The van der Waals surface area contributed by atoms with Gasteiger partial charge in [0, 0.05) is 5.02 Å². The molecule has 1 amide bonds. The van der Waals surface area contributed by atoms with E-state index in [4.69, 9.17) is 11.6 Å². The van der Waals surface area contributed by atoms with Gasteiger partial charge >= 0.3 is 5.97 Å². The highest BCUT2D eigenvalue weighted by Crippen LogP contribution is 2.41. The van der Waals surface area contributed by atoms with Gasteiger partial charge in [0.25, 0.3) is 0 Å². The molecule has 1 N–H and O–H groups in total. The third kappa shape index (κ3) is 3.71. The number of benzene rings is 1. The third-order valence-corrected chi connectivity index (χ3v) is 4.86. The highest BCUT2D eigenvalue weighted by molar-refractivity contribution is 8.00. The monoisotopic (exact) mass is 327 g/mol. The molecule has 1 aliphatic rings. The van der Waals surface area contributed by atoms with E-state index in [1.165, 1.54) is 16.7 Å². The summed E-state index contributed by atoms with van der Waals surface area (Å²) in [6, 6.07) is 6.43. The lowest BCUT2D eigenvalue weighted by atomic mass is 10.0. The van der Waals surface area contributed by atoms with E-state index in [1.807, 2.05) is 26.0 Å². The second-order valence-corrected chi connectivity index (χ2v) is 7.00. The van der Waals surface area contributed by atoms with Crippen LogP contribution in [0, 0.1) is 5.92 Å². The molecule has 0 bridgehead atoms. The van der Waals surface area contributed by atoms with Crippen LogP contribution in [0.1, 0.15) is 31.2 Å². The summed E-state index contributed by atoms with van der Waals surface area (Å²) in [4.78, 5) is 25.3. The first-order valence-electron chi connectivity index (χ1n) is 6.81. The minimum absolute atomic E-state index is 0.118. The van der Waals surface area contributed by atoms with Crippen LogP contribution in [0.2, 0.25) is 5.02 Å². The quantitative estimate of drug-likeness (QED) is 0.900. The van der Waals surface area contributed by atoms with Gasteiger partial charge in [-0.05, 0) is 30.0 Å². The molecule has 4 nitrogen and oxygen atoms in total. The lowest BCUT2D eigenvalue weighted by Gasteiger charge is -2.31. The maximum absolute atomic E-state index is 12.2. The van der Waals surface area contributed by atoms with Crippen molar-refractivity contribution in [2.24, 2.45) is 5.92 Å². The summed E-state index contributed by atoms with van der Waals surface area (Å²) in [6.07, 6.45) is 0.450. The van der Waals surface area contributed by atoms with Crippen molar-refractivity contribution < 1.29 is 14.7 Å². The fourth-order valence-electron chi connectivity index (χ4n) is 2.44. The van der Waals surface area contributed by atoms with Crippen LogP contribution < -0.4 is 0 Å². The van der Waals surface area contributed by atoms with Gasteiger partial charge in [-0.2, -0.15) is 0 Å². The molecular weight excluding hydrogens is 310 g/mol. The number of rotatable bonds is 5. The maximum Gasteiger partial charge on any atom is 0.326 e. The molecule has 0 spiro atoms. The Bertz CT molecular complexity index is 532. The zero-order valence-electron chi connectivity index (χ0n) is 12.0. The molecule has 2 atom stereocenters. The molecular formula is C15H18ClNO3S. The predicted octanol–water partition coefficient (Wildman–Crippen LogP) is 3.41. The van der Waals surface area contributed by atoms with Crippen molar-refractivity contribution in [2.45, 2.75) is 31.7 Å². The molecule has 1 saturated heterocycles. The number of nitrogens with zero attached hydrogens (tertiary/aromatic N) is 1. The molecule has 1 fully saturated rings. The van der Waals surface area contributed by atoms with E-state index in [1.54, 1.807) is 12.1 Å². The van der Waals surface area contributed by atoms with Crippen LogP contribution in [0.3, 0.4) is 0 Å². The smallest absolute Gasteiger partial charge is 0.326 e. The Kier molecular flexibility index (Phi) is 5.17. The first-order chi connectivity index (χ1) is 9.90. The Morgan fingerprint density at radius 3 is 2.57 bits per heavy atom. The van der Waals surface area contributed by atoms with Crippen molar-refractivity contribution >= 4 is 35.2 Å². The van der Waals surface area contributed by atoms with Crippen molar-refractivity contribution in [1.82, 2.24) is 4.90 Å². The third-order valence-electron chi connectivity index (χ3n) is 3.38. The maximum atomic E-state index is 12.2. The van der Waals surface area contributed by atoms with Gasteiger partial charge in [0.1, 0.15) is 11.4 Å². The zero-order chi connectivity index (χ0) is 15.6. The molecule has 2 rings (SSSR count). The van der Waals surface area contributed by atoms with Gasteiger partial charge in [-0.3, -0.25) is 4.79 Å². The number of carboxylic acids is 1. The fraction of sp³-hybridized carbons (Fsp3) is 0.467. The van der Waals surface area contributed by atoms with Gasteiger partial charge in [-0.25, -0.2) is 4.79 Å². The van der Waals surface area contributed by atoms with Crippen LogP contribution in [0.25, 0.3) is 0 Å². The van der Waals surface area contributed by atoms with Crippen LogP contribution in [0.5, 0.6) is 0 Å². The number of carboxylic acid groups (broad SMARTS) is 1. The average Bonchev–Trinajstić information content (AvgIpc) is 2.78. The Morgan fingerprint density at radius 2 is 2.05 bits per heavy atom. The van der Waals surface area contributed by atoms with Gasteiger partial charge in [0.05, 0.1) is 5.75 Å². The highest BCUT2D eigenvalue weighted by Gasteiger charge is 2.41. The molecule has 114 valence electrons. The lowest BCUT2D eigenvalue weighted by molar-refractivity contribution is -0.150. The molecule has 0 aliphatic carbocycles. The summed E-state index contributed by atoms with van der Waals surface area (Å²) in [6.45, 7) is 3.92. The van der Waals surface area contributed by atoms with Gasteiger partial charge in [-0.1, -0.05) is 37.6 Å². The van der Waals surface area contributed by atoms with Crippen LogP contribution in [0.15, 0.2) is 24.3 Å². The van der Waals surface area contributed by atoms with E-state index >= 15 is 0 Å². The van der Waals surface area contributed by atoms with E-state index in [-0.39, 0.29) is 17.2 Å². The second kappa shape index (κ2) is 6.71. The number of amides is 1. The van der Waals surface area contributed by atoms with Crippen LogP contribution in [-0.4, -0.2) is 33.7 Å². The Balaban J connectivity index is 2.30. The molecule has 21 heavy (non-hydrogen) atoms. The van der Waals surface area contributed by atoms with Crippen LogP contribution >= 0.6 is 23.4 Å². The topological polar surface area (TPSA) is 57.6 Å². The summed E-state index contributed by atoms with van der Waals surface area (Å²) in [5.41, 5.74) is 0.908. The molecule has 1 aromatic rings. The Hall–Kier alpha value is -1.20. The summed E-state index contributed by atoms with van der Waals surface area (Å²) in [5, 5.41) is 9.85. The van der Waals surface area contributed by atoms with Crippen LogP contribution in [0.4, 0.5) is 0 Å². The lowest BCUT2D eigenvalue weighted by Crippen LogP contribution is -2.44. The standard InChI is InChI=1S/C15H18ClNO3S/c1-9(2)7-12(15(19)20)17-13(18)8-21-14(17)10-3-5-11(16)6-4-10/h3-6,9,12,14H,7-8H2,1-2H3,(H,19,20)/t12-,14+/m0/s1. The summed E-state index contributed by atoms with van der Waals surface area (Å²) >= 11 is 7.34. The molecule has 0 unspecified atom stereocenters. The fourth-order valence-corrected chi connectivity index (χ4v) is 3.79. The SMILES string of the molecule is CC(C)C[C@@H](C(=O)O)N1C(=O)CS[C@@H]1c1ccc(Cl)cc1. The summed E-state index contributed by atoms with van der Waals surface area (Å²) in [5.74, 6) is -0.545. The minimum atomic E-state index is -0.946. The Labute approximate surface area is 133 Å². The average molecular weight is 328 g/mol. The summed E-state index contributed by atoms with van der Waals surface area (Å²) < 4.78 is 0. The highest BCUT2D eigenvalue weighted by atomic mass is 35.5. The first-order valence-corrected chi connectivity index (χ1v) is 8.24. The number of hydrogen-bond acceptors (Lipinski definition) is 3. The molecule has 0 radical (unpaired) electrons. The van der Waals surface area contributed by atoms with Crippen molar-refractivity contribution in [3.63, 3.8) is 0 Å². The molecule has 1 heterocycles. The number of carbonyl (C=O) groups excluding carboxylic acids is 1. The molecule has 0 aromatic heterocycles. The Morgan fingerprint density at radius 1 is 1.43 bits per heavy atom. The zero-order valence-corrected chi connectivity index (χ0v) is 13.5. The number of thioether (sulfide) groups is 1. The minimum Gasteiger partial charge on any atom is -0.480 e. The second-order valence-electron chi connectivity index (χ2n) is 5.50. The number of carbonyl (C=O) groups is 2.